The molecule has 0 aromatic heterocycles. The van der Waals surface area contributed by atoms with Crippen molar-refractivity contribution >= 4 is 5.69 Å². The van der Waals surface area contributed by atoms with Gasteiger partial charge in [0.25, 0.3) is 0 Å². The Kier molecular flexibility index (Phi) is 3.89. The second-order valence-electron chi connectivity index (χ2n) is 3.92. The summed E-state index contributed by atoms with van der Waals surface area (Å²) < 4.78 is 25.8. The molecule has 2 nitrogen and oxygen atoms in total. The number of benzene rings is 2. The first-order valence-corrected chi connectivity index (χ1v) is 5.58. The monoisotopic (exact) mass is 249 g/mol. The summed E-state index contributed by atoms with van der Waals surface area (Å²) in [5, 5.41) is 12.3. The standard InChI is InChI=1S/C14H13F2NO/c15-12-7-6-11(8-13(12)16)17-14(9-18)10-4-2-1-3-5-10/h1-8,14,17-18H,9H2. The molecule has 2 rings (SSSR count). The van der Waals surface area contributed by atoms with Crippen LogP contribution in [0.2, 0.25) is 0 Å². The van der Waals surface area contributed by atoms with Gasteiger partial charge in [0.1, 0.15) is 0 Å². The van der Waals surface area contributed by atoms with E-state index in [9.17, 15) is 13.9 Å². The van der Waals surface area contributed by atoms with Crippen molar-refractivity contribution in [2.24, 2.45) is 0 Å². The molecule has 1 atom stereocenters. The van der Waals surface area contributed by atoms with Gasteiger partial charge < -0.3 is 10.4 Å². The van der Waals surface area contributed by atoms with E-state index in [2.05, 4.69) is 5.32 Å². The second kappa shape index (κ2) is 5.60. The van der Waals surface area contributed by atoms with Crippen LogP contribution in [0.25, 0.3) is 0 Å². The van der Waals surface area contributed by atoms with Gasteiger partial charge in [0.2, 0.25) is 0 Å². The fraction of sp³-hybridized carbons (Fsp3) is 0.143. The number of rotatable bonds is 4. The van der Waals surface area contributed by atoms with E-state index >= 15 is 0 Å². The highest BCUT2D eigenvalue weighted by Gasteiger charge is 2.10. The van der Waals surface area contributed by atoms with Crippen LogP contribution in [-0.4, -0.2) is 11.7 Å². The highest BCUT2D eigenvalue weighted by atomic mass is 19.2. The van der Waals surface area contributed by atoms with Crippen molar-refractivity contribution in [2.75, 3.05) is 11.9 Å². The zero-order chi connectivity index (χ0) is 13.0. The summed E-state index contributed by atoms with van der Waals surface area (Å²) in [5.41, 5.74) is 1.31. The van der Waals surface area contributed by atoms with Crippen LogP contribution in [0, 0.1) is 11.6 Å². The maximum Gasteiger partial charge on any atom is 0.160 e. The van der Waals surface area contributed by atoms with Crippen molar-refractivity contribution in [2.45, 2.75) is 6.04 Å². The molecule has 2 aromatic carbocycles. The molecule has 0 spiro atoms. The van der Waals surface area contributed by atoms with E-state index in [1.165, 1.54) is 6.07 Å². The highest BCUT2D eigenvalue weighted by molar-refractivity contribution is 5.46. The lowest BCUT2D eigenvalue weighted by atomic mass is 10.1. The molecule has 2 N–H and O–H groups in total. The van der Waals surface area contributed by atoms with Gasteiger partial charge in [-0.1, -0.05) is 30.3 Å². The lowest BCUT2D eigenvalue weighted by Crippen LogP contribution is -2.14. The fourth-order valence-corrected chi connectivity index (χ4v) is 1.71. The Morgan fingerprint density at radius 2 is 1.72 bits per heavy atom. The summed E-state index contributed by atoms with van der Waals surface area (Å²) in [4.78, 5) is 0. The van der Waals surface area contributed by atoms with Gasteiger partial charge in [-0.15, -0.1) is 0 Å². The topological polar surface area (TPSA) is 32.3 Å². The first kappa shape index (κ1) is 12.5. The largest absolute Gasteiger partial charge is 0.394 e. The van der Waals surface area contributed by atoms with Crippen molar-refractivity contribution in [1.29, 1.82) is 0 Å². The molecule has 0 radical (unpaired) electrons. The summed E-state index contributed by atoms with van der Waals surface area (Å²) in [5.74, 6) is -1.80. The quantitative estimate of drug-likeness (QED) is 0.872. The molecule has 0 saturated heterocycles. The number of aliphatic hydroxyl groups excluding tert-OH is 1. The molecular formula is C14H13F2NO. The average molecular weight is 249 g/mol. The number of hydrogen-bond donors (Lipinski definition) is 2. The molecule has 0 aliphatic heterocycles. The van der Waals surface area contributed by atoms with Crippen LogP contribution in [0.15, 0.2) is 48.5 Å². The number of halogens is 2. The van der Waals surface area contributed by atoms with Crippen LogP contribution in [0.5, 0.6) is 0 Å². The van der Waals surface area contributed by atoms with Crippen molar-refractivity contribution in [3.63, 3.8) is 0 Å². The molecule has 0 fully saturated rings. The van der Waals surface area contributed by atoms with E-state index in [0.717, 1.165) is 17.7 Å². The smallest absolute Gasteiger partial charge is 0.160 e. The van der Waals surface area contributed by atoms with Crippen LogP contribution in [-0.2, 0) is 0 Å². The van der Waals surface area contributed by atoms with Crippen molar-refractivity contribution in [1.82, 2.24) is 0 Å². The maximum absolute atomic E-state index is 13.1. The van der Waals surface area contributed by atoms with Gasteiger partial charge >= 0.3 is 0 Å². The van der Waals surface area contributed by atoms with E-state index in [-0.39, 0.29) is 12.6 Å². The zero-order valence-electron chi connectivity index (χ0n) is 9.61. The Bertz CT molecular complexity index is 516. The van der Waals surface area contributed by atoms with E-state index in [0.29, 0.717) is 5.69 Å². The Labute approximate surface area is 104 Å². The first-order chi connectivity index (χ1) is 8.70. The van der Waals surface area contributed by atoms with Crippen LogP contribution in [0.3, 0.4) is 0 Å². The van der Waals surface area contributed by atoms with E-state index < -0.39 is 11.6 Å². The molecule has 0 aliphatic rings. The number of aliphatic hydroxyl groups is 1. The van der Waals surface area contributed by atoms with E-state index in [4.69, 9.17) is 0 Å². The molecular weight excluding hydrogens is 236 g/mol. The fourth-order valence-electron chi connectivity index (χ4n) is 1.71. The van der Waals surface area contributed by atoms with E-state index in [1.807, 2.05) is 30.3 Å². The molecule has 0 bridgehead atoms. The van der Waals surface area contributed by atoms with Gasteiger partial charge in [0.05, 0.1) is 12.6 Å². The lowest BCUT2D eigenvalue weighted by molar-refractivity contribution is 0.276. The van der Waals surface area contributed by atoms with Gasteiger partial charge in [-0.05, 0) is 17.7 Å². The van der Waals surface area contributed by atoms with Gasteiger partial charge in [0.15, 0.2) is 11.6 Å². The molecule has 0 saturated carbocycles. The average Bonchev–Trinajstić information content (AvgIpc) is 2.41. The molecule has 4 heteroatoms. The third-order valence-corrected chi connectivity index (χ3v) is 2.65. The predicted molar refractivity (Wildman–Crippen MR) is 66.2 cm³/mol. The Morgan fingerprint density at radius 3 is 2.33 bits per heavy atom. The van der Waals surface area contributed by atoms with Gasteiger partial charge in [-0.3, -0.25) is 0 Å². The molecule has 0 amide bonds. The summed E-state index contributed by atoms with van der Waals surface area (Å²) in [6.07, 6.45) is 0. The first-order valence-electron chi connectivity index (χ1n) is 5.58. The molecule has 0 aliphatic carbocycles. The molecule has 18 heavy (non-hydrogen) atoms. The lowest BCUT2D eigenvalue weighted by Gasteiger charge is -2.18. The second-order valence-corrected chi connectivity index (χ2v) is 3.92. The van der Waals surface area contributed by atoms with Crippen molar-refractivity contribution in [3.05, 3.63) is 65.7 Å². The van der Waals surface area contributed by atoms with E-state index in [1.54, 1.807) is 0 Å². The SMILES string of the molecule is OCC(Nc1ccc(F)c(F)c1)c1ccccc1. The minimum Gasteiger partial charge on any atom is -0.394 e. The summed E-state index contributed by atoms with van der Waals surface area (Å²) in [6, 6.07) is 12.5. The van der Waals surface area contributed by atoms with Crippen molar-refractivity contribution in [3.8, 4) is 0 Å². The highest BCUT2D eigenvalue weighted by Crippen LogP contribution is 2.20. The van der Waals surface area contributed by atoms with Gasteiger partial charge in [-0.2, -0.15) is 0 Å². The predicted octanol–water partition coefficient (Wildman–Crippen LogP) is 3.11. The minimum absolute atomic E-state index is 0.136. The van der Waals surface area contributed by atoms with Gasteiger partial charge in [-0.25, -0.2) is 8.78 Å². The third-order valence-electron chi connectivity index (χ3n) is 2.65. The van der Waals surface area contributed by atoms with Crippen LogP contribution < -0.4 is 5.32 Å². The normalized spacial score (nSPS) is 12.2. The molecule has 1 unspecified atom stereocenters. The molecule has 2 aromatic rings. The number of nitrogens with one attached hydrogen (secondary N) is 1. The summed E-state index contributed by atoms with van der Waals surface area (Å²) in [6.45, 7) is -0.136. The number of anilines is 1. The summed E-state index contributed by atoms with van der Waals surface area (Å²) in [7, 11) is 0. The molecule has 94 valence electrons. The minimum atomic E-state index is -0.912. The van der Waals surface area contributed by atoms with Crippen LogP contribution in [0.1, 0.15) is 11.6 Å². The summed E-state index contributed by atoms with van der Waals surface area (Å²) >= 11 is 0. The zero-order valence-corrected chi connectivity index (χ0v) is 9.61. The Balaban J connectivity index is 2.18. The third kappa shape index (κ3) is 2.84. The van der Waals surface area contributed by atoms with Crippen LogP contribution >= 0.6 is 0 Å². The maximum atomic E-state index is 13.1. The van der Waals surface area contributed by atoms with Gasteiger partial charge in [0, 0.05) is 11.8 Å². The number of hydrogen-bond acceptors (Lipinski definition) is 2. The Hall–Kier alpha value is -1.94. The molecule has 0 heterocycles. The van der Waals surface area contributed by atoms with Crippen molar-refractivity contribution < 1.29 is 13.9 Å². The Morgan fingerprint density at radius 1 is 1.00 bits per heavy atom. The van der Waals surface area contributed by atoms with Crippen LogP contribution in [0.4, 0.5) is 14.5 Å².